The van der Waals surface area contributed by atoms with Gasteiger partial charge in [-0.15, -0.1) is 11.8 Å². The second kappa shape index (κ2) is 9.62. The predicted molar refractivity (Wildman–Crippen MR) is 105 cm³/mol. The van der Waals surface area contributed by atoms with Crippen LogP contribution in [0, 0.1) is 0 Å². The lowest BCUT2D eigenvalue weighted by Gasteiger charge is -2.11. The molecule has 0 unspecified atom stereocenters. The first kappa shape index (κ1) is 19.5. The van der Waals surface area contributed by atoms with E-state index in [0.29, 0.717) is 23.5 Å². The fraction of sp³-hybridized carbons (Fsp3) is 0.211. The van der Waals surface area contributed by atoms with E-state index < -0.39 is 0 Å². The van der Waals surface area contributed by atoms with Crippen molar-refractivity contribution in [1.82, 2.24) is 5.32 Å². The summed E-state index contributed by atoms with van der Waals surface area (Å²) in [5.74, 6) is -0.0386. The Balaban J connectivity index is 1.99. The van der Waals surface area contributed by atoms with Gasteiger partial charge in [0.05, 0.1) is 0 Å². The largest absolute Gasteiger partial charge is 0.351 e. The lowest BCUT2D eigenvalue weighted by molar-refractivity contribution is -0.115. The maximum absolute atomic E-state index is 12.4. The lowest BCUT2D eigenvalue weighted by Crippen LogP contribution is -2.26. The molecule has 7 heteroatoms. The van der Waals surface area contributed by atoms with E-state index in [1.54, 1.807) is 30.0 Å². The maximum Gasteiger partial charge on any atom is 0.251 e. The molecule has 3 amide bonds. The highest BCUT2D eigenvalue weighted by Gasteiger charge is 2.10. The number of nitrogens with one attached hydrogen (secondary N) is 3. The second-order valence-corrected chi connectivity index (χ2v) is 6.75. The summed E-state index contributed by atoms with van der Waals surface area (Å²) in [4.78, 5) is 36.1. The van der Waals surface area contributed by atoms with Crippen LogP contribution in [0.25, 0.3) is 0 Å². The second-order valence-electron chi connectivity index (χ2n) is 5.58. The van der Waals surface area contributed by atoms with Crippen LogP contribution in [0.2, 0.25) is 0 Å². The summed E-state index contributed by atoms with van der Waals surface area (Å²) in [6.45, 7) is 3.26. The monoisotopic (exact) mass is 371 g/mol. The van der Waals surface area contributed by atoms with E-state index in [9.17, 15) is 14.4 Å². The first-order chi connectivity index (χ1) is 12.4. The number of carbonyl (C=O) groups is 3. The average Bonchev–Trinajstić information content (AvgIpc) is 2.58. The van der Waals surface area contributed by atoms with Crippen molar-refractivity contribution in [3.63, 3.8) is 0 Å². The Morgan fingerprint density at radius 3 is 2.00 bits per heavy atom. The molecule has 0 aromatic heterocycles. The maximum atomic E-state index is 12.4. The third-order valence-corrected chi connectivity index (χ3v) is 4.25. The number of carbonyl (C=O) groups excluding carboxylic acids is 3. The number of amides is 3. The van der Waals surface area contributed by atoms with Gasteiger partial charge in [-0.25, -0.2) is 0 Å². The number of hydrogen-bond donors (Lipinski definition) is 3. The number of anilines is 2. The number of rotatable bonds is 7. The molecule has 0 spiro atoms. The van der Waals surface area contributed by atoms with Crippen LogP contribution in [0.5, 0.6) is 0 Å². The van der Waals surface area contributed by atoms with E-state index in [2.05, 4.69) is 16.0 Å². The van der Waals surface area contributed by atoms with E-state index in [1.165, 1.54) is 13.8 Å². The van der Waals surface area contributed by atoms with E-state index in [-0.39, 0.29) is 17.7 Å². The molecule has 0 aliphatic heterocycles. The van der Waals surface area contributed by atoms with Gasteiger partial charge < -0.3 is 16.0 Å². The zero-order chi connectivity index (χ0) is 18.9. The Hall–Kier alpha value is -2.80. The molecule has 26 heavy (non-hydrogen) atoms. The SMILES string of the molecule is CC(=O)Nc1cc(NC(C)=O)cc(C(=O)NCCSc2ccccc2)c1. The van der Waals surface area contributed by atoms with Crippen molar-refractivity contribution in [2.75, 3.05) is 22.9 Å². The van der Waals surface area contributed by atoms with E-state index in [1.807, 2.05) is 30.3 Å². The molecule has 6 nitrogen and oxygen atoms in total. The fourth-order valence-corrected chi connectivity index (χ4v) is 3.05. The van der Waals surface area contributed by atoms with Gasteiger partial charge in [0.2, 0.25) is 11.8 Å². The van der Waals surface area contributed by atoms with Crippen LogP contribution in [-0.2, 0) is 9.59 Å². The highest BCUT2D eigenvalue weighted by Crippen LogP contribution is 2.20. The Kier molecular flexibility index (Phi) is 7.23. The summed E-state index contributed by atoms with van der Waals surface area (Å²) in [7, 11) is 0. The minimum atomic E-state index is -0.266. The van der Waals surface area contributed by atoms with E-state index >= 15 is 0 Å². The molecule has 2 rings (SSSR count). The number of hydrogen-bond acceptors (Lipinski definition) is 4. The zero-order valence-electron chi connectivity index (χ0n) is 14.7. The molecule has 0 saturated heterocycles. The van der Waals surface area contributed by atoms with Crippen LogP contribution in [0.15, 0.2) is 53.4 Å². The van der Waals surface area contributed by atoms with Crippen molar-refractivity contribution in [3.8, 4) is 0 Å². The highest BCUT2D eigenvalue weighted by atomic mass is 32.2. The van der Waals surface area contributed by atoms with Crippen LogP contribution >= 0.6 is 11.8 Å². The van der Waals surface area contributed by atoms with Crippen LogP contribution in [0.1, 0.15) is 24.2 Å². The summed E-state index contributed by atoms with van der Waals surface area (Å²) in [5, 5.41) is 8.10. The number of thioether (sulfide) groups is 1. The molecule has 0 heterocycles. The first-order valence-electron chi connectivity index (χ1n) is 8.10. The molecule has 0 radical (unpaired) electrons. The molecule has 0 atom stereocenters. The van der Waals surface area contributed by atoms with Crippen molar-refractivity contribution in [2.24, 2.45) is 0 Å². The van der Waals surface area contributed by atoms with Gasteiger partial charge in [-0.3, -0.25) is 14.4 Å². The van der Waals surface area contributed by atoms with Gasteiger partial charge in [0, 0.05) is 48.0 Å². The number of benzene rings is 2. The standard InChI is InChI=1S/C19H21N3O3S/c1-13(23)21-16-10-15(11-17(12-16)22-14(2)24)19(25)20-8-9-26-18-6-4-3-5-7-18/h3-7,10-12H,8-9H2,1-2H3,(H,20,25)(H,21,23)(H,22,24). The molecule has 3 N–H and O–H groups in total. The summed E-state index contributed by atoms with van der Waals surface area (Å²) in [6, 6.07) is 14.7. The van der Waals surface area contributed by atoms with Gasteiger partial charge in [0.15, 0.2) is 0 Å². The summed E-state index contributed by atoms with van der Waals surface area (Å²) >= 11 is 1.65. The minimum Gasteiger partial charge on any atom is -0.351 e. The quantitative estimate of drug-likeness (QED) is 0.515. The molecule has 2 aromatic carbocycles. The predicted octanol–water partition coefficient (Wildman–Crippen LogP) is 3.13. The van der Waals surface area contributed by atoms with Crippen molar-refractivity contribution in [1.29, 1.82) is 0 Å². The van der Waals surface area contributed by atoms with Gasteiger partial charge in [0.25, 0.3) is 5.91 Å². The normalized spacial score (nSPS) is 10.1. The lowest BCUT2D eigenvalue weighted by atomic mass is 10.1. The van der Waals surface area contributed by atoms with E-state index in [4.69, 9.17) is 0 Å². The summed E-state index contributed by atoms with van der Waals surface area (Å²) in [6.07, 6.45) is 0. The van der Waals surface area contributed by atoms with Crippen LogP contribution in [0.4, 0.5) is 11.4 Å². The molecule has 0 aliphatic rings. The minimum absolute atomic E-state index is 0.254. The molecular weight excluding hydrogens is 350 g/mol. The zero-order valence-corrected chi connectivity index (χ0v) is 15.5. The van der Waals surface area contributed by atoms with Crippen molar-refractivity contribution < 1.29 is 14.4 Å². The average molecular weight is 371 g/mol. The van der Waals surface area contributed by atoms with Gasteiger partial charge in [0.1, 0.15) is 0 Å². The van der Waals surface area contributed by atoms with Crippen molar-refractivity contribution >= 4 is 40.9 Å². The van der Waals surface area contributed by atoms with Gasteiger partial charge in [-0.05, 0) is 30.3 Å². The Bertz CT molecular complexity index is 760. The smallest absolute Gasteiger partial charge is 0.251 e. The van der Waals surface area contributed by atoms with Crippen LogP contribution in [0.3, 0.4) is 0 Å². The van der Waals surface area contributed by atoms with Crippen LogP contribution in [-0.4, -0.2) is 30.0 Å². The molecule has 0 fully saturated rings. The third kappa shape index (κ3) is 6.60. The molecule has 2 aromatic rings. The fourth-order valence-electron chi connectivity index (χ4n) is 2.26. The van der Waals surface area contributed by atoms with Gasteiger partial charge >= 0.3 is 0 Å². The summed E-state index contributed by atoms with van der Waals surface area (Å²) < 4.78 is 0. The van der Waals surface area contributed by atoms with E-state index in [0.717, 1.165) is 10.6 Å². The Morgan fingerprint density at radius 2 is 1.46 bits per heavy atom. The van der Waals surface area contributed by atoms with Gasteiger partial charge in [-0.1, -0.05) is 18.2 Å². The van der Waals surface area contributed by atoms with Crippen molar-refractivity contribution in [2.45, 2.75) is 18.7 Å². The van der Waals surface area contributed by atoms with Gasteiger partial charge in [-0.2, -0.15) is 0 Å². The first-order valence-corrected chi connectivity index (χ1v) is 9.09. The van der Waals surface area contributed by atoms with Crippen molar-refractivity contribution in [3.05, 3.63) is 54.1 Å². The molecule has 0 aliphatic carbocycles. The Labute approximate surface area is 156 Å². The highest BCUT2D eigenvalue weighted by molar-refractivity contribution is 7.99. The molecule has 0 saturated carbocycles. The van der Waals surface area contributed by atoms with Crippen LogP contribution < -0.4 is 16.0 Å². The topological polar surface area (TPSA) is 87.3 Å². The third-order valence-electron chi connectivity index (χ3n) is 3.24. The molecule has 0 bridgehead atoms. The molecular formula is C19H21N3O3S. The molecule has 136 valence electrons. The Morgan fingerprint density at radius 1 is 0.885 bits per heavy atom. The summed E-state index contributed by atoms with van der Waals surface area (Å²) in [5.41, 5.74) is 1.27.